The second-order valence-electron chi connectivity index (χ2n) is 9.16. The zero-order valence-corrected chi connectivity index (χ0v) is 15.8. The van der Waals surface area contributed by atoms with Crippen LogP contribution >= 0.6 is 0 Å². The van der Waals surface area contributed by atoms with E-state index in [0.29, 0.717) is 10.8 Å². The van der Waals surface area contributed by atoms with Crippen LogP contribution in [0, 0.1) is 10.8 Å². The zero-order chi connectivity index (χ0) is 17.5. The summed E-state index contributed by atoms with van der Waals surface area (Å²) in [5, 5.41) is 0. The van der Waals surface area contributed by atoms with Crippen molar-refractivity contribution in [2.45, 2.75) is 38.8 Å². The lowest BCUT2D eigenvalue weighted by molar-refractivity contribution is -0.140. The molecule has 0 atom stereocenters. The standard InChI is InChI=1S/C21H31N3O2/c1-2-18(12-23-8-4-20(5-9-23)14-25-15-20)22-19(3-1)13-24-10-6-21(7-11-24)16-26-17-21/h1-3H,4-17H2. The molecule has 2 spiro atoms. The van der Waals surface area contributed by atoms with E-state index in [1.54, 1.807) is 0 Å². The van der Waals surface area contributed by atoms with Crippen LogP contribution in [0.15, 0.2) is 18.2 Å². The Morgan fingerprint density at radius 2 is 1.15 bits per heavy atom. The van der Waals surface area contributed by atoms with E-state index in [2.05, 4.69) is 28.0 Å². The van der Waals surface area contributed by atoms with Gasteiger partial charge in [0.05, 0.1) is 37.8 Å². The molecule has 0 N–H and O–H groups in total. The maximum absolute atomic E-state index is 5.44. The van der Waals surface area contributed by atoms with E-state index in [9.17, 15) is 0 Å². The van der Waals surface area contributed by atoms with E-state index >= 15 is 0 Å². The van der Waals surface area contributed by atoms with Crippen LogP contribution in [-0.2, 0) is 22.6 Å². The average Bonchev–Trinajstić information content (AvgIpc) is 2.61. The smallest absolute Gasteiger partial charge is 0.0547 e. The van der Waals surface area contributed by atoms with E-state index in [-0.39, 0.29) is 0 Å². The SMILES string of the molecule is c1cc(CN2CCC3(CC2)COC3)nc(CN2CCC3(CC2)COC3)c1. The van der Waals surface area contributed by atoms with Gasteiger partial charge < -0.3 is 9.47 Å². The number of hydrogen-bond donors (Lipinski definition) is 0. The van der Waals surface area contributed by atoms with Gasteiger partial charge in [0.2, 0.25) is 0 Å². The van der Waals surface area contributed by atoms with Gasteiger partial charge in [-0.25, -0.2) is 0 Å². The first-order valence-corrected chi connectivity index (χ1v) is 10.3. The van der Waals surface area contributed by atoms with Gasteiger partial charge in [-0.05, 0) is 64.0 Å². The minimum atomic E-state index is 0.517. The molecule has 0 unspecified atom stereocenters. The van der Waals surface area contributed by atoms with Crippen molar-refractivity contribution in [2.24, 2.45) is 10.8 Å². The molecule has 0 radical (unpaired) electrons. The third-order valence-corrected chi connectivity index (χ3v) is 7.10. The summed E-state index contributed by atoms with van der Waals surface area (Å²) in [6, 6.07) is 6.57. The highest BCUT2D eigenvalue weighted by Crippen LogP contribution is 2.39. The van der Waals surface area contributed by atoms with E-state index < -0.39 is 0 Å². The maximum atomic E-state index is 5.44. The lowest BCUT2D eigenvalue weighted by atomic mass is 9.77. The lowest BCUT2D eigenvalue weighted by Gasteiger charge is -2.47. The summed E-state index contributed by atoms with van der Waals surface area (Å²) in [4.78, 5) is 10.1. The Morgan fingerprint density at radius 1 is 0.731 bits per heavy atom. The quantitative estimate of drug-likeness (QED) is 0.827. The maximum Gasteiger partial charge on any atom is 0.0547 e. The monoisotopic (exact) mass is 357 g/mol. The van der Waals surface area contributed by atoms with Crippen molar-refractivity contribution in [2.75, 3.05) is 52.6 Å². The lowest BCUT2D eigenvalue weighted by Crippen LogP contribution is -2.50. The van der Waals surface area contributed by atoms with Crippen molar-refractivity contribution >= 4 is 0 Å². The Balaban J connectivity index is 1.13. The molecule has 0 amide bonds. The van der Waals surface area contributed by atoms with Gasteiger partial charge in [0, 0.05) is 23.9 Å². The third kappa shape index (κ3) is 3.42. The molecule has 0 saturated carbocycles. The molecule has 4 saturated heterocycles. The fourth-order valence-electron chi connectivity index (χ4n) is 4.89. The number of ether oxygens (including phenoxy) is 2. The normalized spacial score (nSPS) is 28.0. The van der Waals surface area contributed by atoms with Gasteiger partial charge >= 0.3 is 0 Å². The van der Waals surface area contributed by atoms with Gasteiger partial charge in [-0.2, -0.15) is 0 Å². The molecular weight excluding hydrogens is 326 g/mol. The van der Waals surface area contributed by atoms with Crippen LogP contribution in [0.2, 0.25) is 0 Å². The number of pyridine rings is 1. The molecule has 0 aromatic carbocycles. The molecule has 4 aliphatic heterocycles. The minimum absolute atomic E-state index is 0.517. The molecule has 142 valence electrons. The number of aromatic nitrogens is 1. The van der Waals surface area contributed by atoms with Crippen LogP contribution in [0.5, 0.6) is 0 Å². The van der Waals surface area contributed by atoms with Gasteiger partial charge in [-0.15, -0.1) is 0 Å². The van der Waals surface area contributed by atoms with Crippen molar-refractivity contribution in [3.63, 3.8) is 0 Å². The fraction of sp³-hybridized carbons (Fsp3) is 0.762. The molecule has 5 rings (SSSR count). The Hall–Kier alpha value is -1.01. The largest absolute Gasteiger partial charge is 0.380 e. The van der Waals surface area contributed by atoms with Crippen LogP contribution in [0.25, 0.3) is 0 Å². The average molecular weight is 357 g/mol. The van der Waals surface area contributed by atoms with E-state index in [0.717, 1.165) is 39.5 Å². The Labute approximate surface area is 156 Å². The number of piperidine rings is 2. The van der Waals surface area contributed by atoms with Gasteiger partial charge in [0.15, 0.2) is 0 Å². The molecule has 4 aliphatic rings. The Bertz CT molecular complexity index is 571. The van der Waals surface area contributed by atoms with Crippen molar-refractivity contribution in [3.05, 3.63) is 29.6 Å². The van der Waals surface area contributed by atoms with Crippen molar-refractivity contribution in [3.8, 4) is 0 Å². The molecule has 26 heavy (non-hydrogen) atoms. The molecular formula is C21H31N3O2. The van der Waals surface area contributed by atoms with Crippen LogP contribution in [0.3, 0.4) is 0 Å². The van der Waals surface area contributed by atoms with Gasteiger partial charge in [0.1, 0.15) is 0 Å². The number of nitrogens with zero attached hydrogens (tertiary/aromatic N) is 3. The van der Waals surface area contributed by atoms with E-state index in [1.807, 2.05) is 0 Å². The molecule has 5 heteroatoms. The Kier molecular flexibility index (Phi) is 4.52. The van der Waals surface area contributed by atoms with E-state index in [4.69, 9.17) is 14.5 Å². The van der Waals surface area contributed by atoms with Crippen LogP contribution in [0.4, 0.5) is 0 Å². The van der Waals surface area contributed by atoms with Crippen LogP contribution < -0.4 is 0 Å². The molecule has 4 fully saturated rings. The first-order chi connectivity index (χ1) is 12.7. The minimum Gasteiger partial charge on any atom is -0.380 e. The second-order valence-corrected chi connectivity index (χ2v) is 9.16. The fourth-order valence-corrected chi connectivity index (χ4v) is 4.89. The molecule has 0 aliphatic carbocycles. The first kappa shape index (κ1) is 17.1. The highest BCUT2D eigenvalue weighted by molar-refractivity contribution is 5.12. The number of rotatable bonds is 4. The summed E-state index contributed by atoms with van der Waals surface area (Å²) in [6.45, 7) is 10.7. The highest BCUT2D eigenvalue weighted by atomic mass is 16.5. The van der Waals surface area contributed by atoms with Crippen LogP contribution in [-0.4, -0.2) is 67.4 Å². The number of likely N-dealkylation sites (tertiary alicyclic amines) is 2. The summed E-state index contributed by atoms with van der Waals surface area (Å²) in [5.74, 6) is 0. The molecule has 5 heterocycles. The van der Waals surface area contributed by atoms with Gasteiger partial charge in [-0.1, -0.05) is 6.07 Å². The highest BCUT2D eigenvalue weighted by Gasteiger charge is 2.42. The molecule has 0 bridgehead atoms. The van der Waals surface area contributed by atoms with Crippen molar-refractivity contribution in [1.82, 2.24) is 14.8 Å². The predicted octanol–water partition coefficient (Wildman–Crippen LogP) is 2.31. The molecule has 5 nitrogen and oxygen atoms in total. The summed E-state index contributed by atoms with van der Waals surface area (Å²) in [7, 11) is 0. The molecule has 1 aromatic heterocycles. The van der Waals surface area contributed by atoms with Gasteiger partial charge in [0.25, 0.3) is 0 Å². The third-order valence-electron chi connectivity index (χ3n) is 7.10. The Morgan fingerprint density at radius 3 is 1.50 bits per heavy atom. The topological polar surface area (TPSA) is 37.8 Å². The summed E-state index contributed by atoms with van der Waals surface area (Å²) >= 11 is 0. The number of hydrogen-bond acceptors (Lipinski definition) is 5. The predicted molar refractivity (Wildman–Crippen MR) is 99.8 cm³/mol. The first-order valence-electron chi connectivity index (χ1n) is 10.3. The summed E-state index contributed by atoms with van der Waals surface area (Å²) in [6.07, 6.45) is 5.13. The van der Waals surface area contributed by atoms with Crippen molar-refractivity contribution in [1.29, 1.82) is 0 Å². The summed E-state index contributed by atoms with van der Waals surface area (Å²) < 4.78 is 10.9. The van der Waals surface area contributed by atoms with E-state index in [1.165, 1.54) is 63.3 Å². The zero-order valence-electron chi connectivity index (χ0n) is 15.8. The molecule has 1 aromatic rings. The van der Waals surface area contributed by atoms with Crippen LogP contribution in [0.1, 0.15) is 37.1 Å². The van der Waals surface area contributed by atoms with Crippen molar-refractivity contribution < 1.29 is 9.47 Å². The summed E-state index contributed by atoms with van der Waals surface area (Å²) in [5.41, 5.74) is 3.49. The second kappa shape index (κ2) is 6.86. The van der Waals surface area contributed by atoms with Gasteiger partial charge in [-0.3, -0.25) is 14.8 Å².